The topological polar surface area (TPSA) is 59.1 Å². The molecule has 6 heteroatoms. The fraction of sp³-hybridized carbons (Fsp3) is 0.400. The SMILES string of the molecule is NC(=S)NCCN1CCC(=C2c3ccccc3CCn3ccnc32)CC1. The minimum atomic E-state index is 0.381. The lowest BCUT2D eigenvalue weighted by Crippen LogP contribution is -2.39. The van der Waals surface area contributed by atoms with E-state index in [2.05, 4.69) is 45.2 Å². The van der Waals surface area contributed by atoms with Crippen LogP contribution < -0.4 is 11.1 Å². The second kappa shape index (κ2) is 7.60. The van der Waals surface area contributed by atoms with Gasteiger partial charge in [-0.3, -0.25) is 0 Å². The van der Waals surface area contributed by atoms with E-state index >= 15 is 0 Å². The Hall–Kier alpha value is -2.18. The van der Waals surface area contributed by atoms with Gasteiger partial charge in [0.05, 0.1) is 0 Å². The number of aryl methyl sites for hydroxylation is 2. The molecule has 0 unspecified atom stereocenters. The van der Waals surface area contributed by atoms with Crippen molar-refractivity contribution < 1.29 is 0 Å². The highest BCUT2D eigenvalue weighted by molar-refractivity contribution is 7.80. The van der Waals surface area contributed by atoms with Gasteiger partial charge in [0.1, 0.15) is 5.82 Å². The number of aromatic nitrogens is 2. The molecule has 0 spiro atoms. The molecule has 1 aromatic heterocycles. The van der Waals surface area contributed by atoms with Crippen LogP contribution in [0.15, 0.2) is 42.2 Å². The van der Waals surface area contributed by atoms with Gasteiger partial charge in [-0.2, -0.15) is 0 Å². The Labute approximate surface area is 159 Å². The van der Waals surface area contributed by atoms with E-state index in [1.807, 2.05) is 6.20 Å². The maximum Gasteiger partial charge on any atom is 0.163 e. The Morgan fingerprint density at radius 1 is 1.15 bits per heavy atom. The summed E-state index contributed by atoms with van der Waals surface area (Å²) in [5.41, 5.74) is 11.2. The molecule has 26 heavy (non-hydrogen) atoms. The molecule has 0 aliphatic carbocycles. The molecule has 3 heterocycles. The number of nitrogens with one attached hydrogen (secondary N) is 1. The van der Waals surface area contributed by atoms with Crippen LogP contribution in [0.3, 0.4) is 0 Å². The summed E-state index contributed by atoms with van der Waals surface area (Å²) in [5, 5.41) is 3.42. The third-order valence-corrected chi connectivity index (χ3v) is 5.53. The van der Waals surface area contributed by atoms with E-state index < -0.39 is 0 Å². The van der Waals surface area contributed by atoms with Gasteiger partial charge in [-0.05, 0) is 42.6 Å². The highest BCUT2D eigenvalue weighted by Gasteiger charge is 2.24. The molecule has 5 nitrogen and oxygen atoms in total. The summed E-state index contributed by atoms with van der Waals surface area (Å²) < 4.78 is 2.31. The van der Waals surface area contributed by atoms with Crippen molar-refractivity contribution in [2.24, 2.45) is 5.73 Å². The Balaban J connectivity index is 1.59. The normalized spacial score (nSPS) is 17.4. The van der Waals surface area contributed by atoms with Gasteiger partial charge in [-0.25, -0.2) is 4.98 Å². The van der Waals surface area contributed by atoms with Gasteiger partial charge in [0.15, 0.2) is 5.11 Å². The van der Waals surface area contributed by atoms with Gasteiger partial charge in [-0.1, -0.05) is 29.8 Å². The maximum absolute atomic E-state index is 5.51. The van der Waals surface area contributed by atoms with Crippen LogP contribution in [-0.2, 0) is 13.0 Å². The summed E-state index contributed by atoms with van der Waals surface area (Å²) in [5.74, 6) is 1.13. The number of nitrogens with zero attached hydrogens (tertiary/aromatic N) is 3. The number of fused-ring (bicyclic) bond motifs is 2. The monoisotopic (exact) mass is 367 g/mol. The van der Waals surface area contributed by atoms with E-state index in [1.54, 1.807) is 0 Å². The van der Waals surface area contributed by atoms with Crippen LogP contribution in [0.4, 0.5) is 0 Å². The lowest BCUT2D eigenvalue weighted by Gasteiger charge is -2.30. The third-order valence-electron chi connectivity index (χ3n) is 5.39. The van der Waals surface area contributed by atoms with Crippen LogP contribution in [0, 0.1) is 0 Å². The largest absolute Gasteiger partial charge is 0.376 e. The molecule has 2 aliphatic heterocycles. The minimum absolute atomic E-state index is 0.381. The summed E-state index contributed by atoms with van der Waals surface area (Å²) in [4.78, 5) is 7.19. The molecule has 4 rings (SSSR count). The van der Waals surface area contributed by atoms with Crippen molar-refractivity contribution in [2.75, 3.05) is 26.2 Å². The van der Waals surface area contributed by atoms with Crippen molar-refractivity contribution in [1.82, 2.24) is 19.8 Å². The first-order chi connectivity index (χ1) is 12.7. The zero-order valence-electron chi connectivity index (χ0n) is 14.9. The summed E-state index contributed by atoms with van der Waals surface area (Å²) in [6.45, 7) is 4.93. The molecule has 0 radical (unpaired) electrons. The van der Waals surface area contributed by atoms with Gasteiger partial charge in [0.2, 0.25) is 0 Å². The Bertz CT molecular complexity index is 828. The second-order valence-corrected chi connectivity index (χ2v) is 7.40. The van der Waals surface area contributed by atoms with Gasteiger partial charge >= 0.3 is 0 Å². The van der Waals surface area contributed by atoms with Crippen molar-refractivity contribution in [2.45, 2.75) is 25.8 Å². The first-order valence-corrected chi connectivity index (χ1v) is 9.70. The number of likely N-dealkylation sites (tertiary alicyclic amines) is 1. The minimum Gasteiger partial charge on any atom is -0.376 e. The molecular formula is C20H25N5S. The summed E-state index contributed by atoms with van der Waals surface area (Å²) >= 11 is 4.88. The van der Waals surface area contributed by atoms with Crippen molar-refractivity contribution in [1.29, 1.82) is 0 Å². The molecule has 2 aromatic rings. The van der Waals surface area contributed by atoms with Crippen LogP contribution in [0.5, 0.6) is 0 Å². The highest BCUT2D eigenvalue weighted by Crippen LogP contribution is 2.35. The molecule has 1 saturated heterocycles. The van der Waals surface area contributed by atoms with Crippen LogP contribution in [-0.4, -0.2) is 45.7 Å². The molecule has 2 aliphatic rings. The molecule has 0 amide bonds. The molecule has 3 N–H and O–H groups in total. The number of nitrogens with two attached hydrogens (primary N) is 1. The predicted molar refractivity (Wildman–Crippen MR) is 109 cm³/mol. The van der Waals surface area contributed by atoms with E-state index in [0.717, 1.165) is 57.8 Å². The van der Waals surface area contributed by atoms with Crippen molar-refractivity contribution in [3.8, 4) is 0 Å². The molecule has 0 atom stereocenters. The number of hydrogen-bond acceptors (Lipinski definition) is 3. The number of rotatable bonds is 3. The van der Waals surface area contributed by atoms with Gasteiger partial charge in [0, 0.05) is 50.7 Å². The average molecular weight is 368 g/mol. The van der Waals surface area contributed by atoms with Crippen molar-refractivity contribution >= 4 is 22.9 Å². The van der Waals surface area contributed by atoms with Gasteiger partial charge < -0.3 is 20.5 Å². The van der Waals surface area contributed by atoms with Gasteiger partial charge in [0.25, 0.3) is 0 Å². The first kappa shape index (κ1) is 17.2. The Morgan fingerprint density at radius 2 is 1.96 bits per heavy atom. The summed E-state index contributed by atoms with van der Waals surface area (Å²) in [7, 11) is 0. The van der Waals surface area contributed by atoms with Crippen LogP contribution in [0.25, 0.3) is 5.57 Å². The third kappa shape index (κ3) is 3.52. The average Bonchev–Trinajstić information content (AvgIpc) is 3.04. The Morgan fingerprint density at radius 3 is 2.77 bits per heavy atom. The molecule has 1 fully saturated rings. The number of benzene rings is 1. The zero-order valence-corrected chi connectivity index (χ0v) is 15.8. The lowest BCUT2D eigenvalue weighted by molar-refractivity contribution is 0.261. The zero-order chi connectivity index (χ0) is 17.9. The molecule has 0 bridgehead atoms. The van der Waals surface area contributed by atoms with Crippen LogP contribution in [0.1, 0.15) is 29.8 Å². The number of hydrogen-bond donors (Lipinski definition) is 2. The molecule has 0 saturated carbocycles. The standard InChI is InChI=1S/C20H25N5S/c21-20(26)23-8-13-24-10-5-16(6-11-24)18-17-4-2-1-3-15(17)7-12-25-14-9-22-19(18)25/h1-4,9,14H,5-8,10-13H2,(H3,21,23,26). The van der Waals surface area contributed by atoms with Crippen molar-refractivity contribution in [3.05, 3.63) is 59.2 Å². The fourth-order valence-electron chi connectivity index (χ4n) is 4.04. The Kier molecular flexibility index (Phi) is 5.04. The van der Waals surface area contributed by atoms with E-state index in [0.29, 0.717) is 5.11 Å². The first-order valence-electron chi connectivity index (χ1n) is 9.30. The van der Waals surface area contributed by atoms with E-state index in [9.17, 15) is 0 Å². The van der Waals surface area contributed by atoms with E-state index in [1.165, 1.54) is 22.3 Å². The van der Waals surface area contributed by atoms with Crippen LogP contribution >= 0.6 is 12.2 Å². The number of thiocarbonyl (C=S) groups is 1. The quantitative estimate of drug-likeness (QED) is 0.815. The molecule has 1 aromatic carbocycles. The van der Waals surface area contributed by atoms with Crippen molar-refractivity contribution in [3.63, 3.8) is 0 Å². The second-order valence-electron chi connectivity index (χ2n) is 6.96. The molecule has 136 valence electrons. The number of piperidine rings is 1. The van der Waals surface area contributed by atoms with Crippen LogP contribution in [0.2, 0.25) is 0 Å². The molecular weight excluding hydrogens is 342 g/mol. The lowest BCUT2D eigenvalue weighted by atomic mass is 9.90. The highest BCUT2D eigenvalue weighted by atomic mass is 32.1. The van der Waals surface area contributed by atoms with E-state index in [4.69, 9.17) is 22.9 Å². The maximum atomic E-state index is 5.51. The van der Waals surface area contributed by atoms with E-state index in [-0.39, 0.29) is 0 Å². The number of imidazole rings is 1. The summed E-state index contributed by atoms with van der Waals surface area (Å²) in [6.07, 6.45) is 7.28. The smallest absolute Gasteiger partial charge is 0.163 e. The fourth-order valence-corrected chi connectivity index (χ4v) is 4.15. The van der Waals surface area contributed by atoms with Gasteiger partial charge in [-0.15, -0.1) is 0 Å². The summed E-state index contributed by atoms with van der Waals surface area (Å²) in [6, 6.07) is 8.82. The predicted octanol–water partition coefficient (Wildman–Crippen LogP) is 2.17.